The topological polar surface area (TPSA) is 135 Å². The first-order valence-corrected chi connectivity index (χ1v) is 8.86. The van der Waals surface area contributed by atoms with Crippen LogP contribution in [0.1, 0.15) is 38.2 Å². The zero-order valence-electron chi connectivity index (χ0n) is 16.5. The van der Waals surface area contributed by atoms with Gasteiger partial charge in [0.25, 0.3) is 11.6 Å². The molecule has 1 heterocycles. The number of benzene rings is 1. The lowest BCUT2D eigenvalue weighted by atomic mass is 9.90. The fourth-order valence-electron chi connectivity index (χ4n) is 2.28. The number of non-ortho nitro benzene ring substituents is 1. The monoisotopic (exact) mass is 399 g/mol. The number of hydrogen-bond acceptors (Lipinski definition) is 7. The maximum Gasteiger partial charge on any atom is 0.375 e. The maximum absolute atomic E-state index is 12.3. The molecule has 1 aromatic heterocycles. The summed E-state index contributed by atoms with van der Waals surface area (Å²) in [6.07, 6.45) is -1.14. The van der Waals surface area contributed by atoms with Gasteiger partial charge in [0.05, 0.1) is 11.0 Å². The van der Waals surface area contributed by atoms with Crippen molar-refractivity contribution in [2.24, 2.45) is 5.92 Å². The molecule has 1 amide bonds. The zero-order valence-corrected chi connectivity index (χ0v) is 16.5. The Morgan fingerprint density at radius 1 is 1.21 bits per heavy atom. The number of hydrogen-bond donors (Lipinski definition) is 1. The van der Waals surface area contributed by atoms with Crippen LogP contribution < -0.4 is 5.32 Å². The van der Waals surface area contributed by atoms with E-state index in [-0.39, 0.29) is 17.4 Å². The standard InChI is InChI=1S/C20H21N3O6/c1-12(2)20(4,11-21)22-18(24)13(3)28-19(25)17-10-9-16(29-17)14-5-7-15(8-6-14)23(26)27/h5-10,12-13H,1-4H3,(H,22,24). The van der Waals surface area contributed by atoms with Crippen LogP contribution in [-0.2, 0) is 9.53 Å². The summed E-state index contributed by atoms with van der Waals surface area (Å²) >= 11 is 0. The van der Waals surface area contributed by atoms with Crippen molar-refractivity contribution < 1.29 is 23.7 Å². The summed E-state index contributed by atoms with van der Waals surface area (Å²) in [5, 5.41) is 22.6. The largest absolute Gasteiger partial charge is 0.449 e. The minimum atomic E-state index is -1.14. The Labute approximate surface area is 167 Å². The van der Waals surface area contributed by atoms with Crippen LogP contribution in [0.3, 0.4) is 0 Å². The minimum absolute atomic E-state index is 0.0643. The molecule has 0 spiro atoms. The van der Waals surface area contributed by atoms with Gasteiger partial charge in [-0.15, -0.1) is 0 Å². The molecule has 0 fully saturated rings. The van der Waals surface area contributed by atoms with E-state index in [9.17, 15) is 25.0 Å². The van der Waals surface area contributed by atoms with Gasteiger partial charge in [-0.05, 0) is 44.0 Å². The Morgan fingerprint density at radius 3 is 2.34 bits per heavy atom. The first-order valence-electron chi connectivity index (χ1n) is 8.86. The van der Waals surface area contributed by atoms with Crippen molar-refractivity contribution in [1.29, 1.82) is 5.26 Å². The van der Waals surface area contributed by atoms with Gasteiger partial charge in [-0.3, -0.25) is 14.9 Å². The lowest BCUT2D eigenvalue weighted by molar-refractivity contribution is -0.384. The smallest absolute Gasteiger partial charge is 0.375 e. The van der Waals surface area contributed by atoms with Crippen molar-refractivity contribution in [1.82, 2.24) is 5.32 Å². The normalized spacial score (nSPS) is 13.8. The summed E-state index contributed by atoms with van der Waals surface area (Å²) in [5.41, 5.74) is -0.612. The highest BCUT2D eigenvalue weighted by Gasteiger charge is 2.33. The minimum Gasteiger partial charge on any atom is -0.449 e. The third kappa shape index (κ3) is 4.99. The third-order valence-electron chi connectivity index (χ3n) is 4.59. The molecule has 2 atom stereocenters. The fourth-order valence-corrected chi connectivity index (χ4v) is 2.28. The fraction of sp³-hybridized carbons (Fsp3) is 0.350. The van der Waals surface area contributed by atoms with Gasteiger partial charge < -0.3 is 14.5 Å². The molecule has 1 N–H and O–H groups in total. The first-order chi connectivity index (χ1) is 13.6. The van der Waals surface area contributed by atoms with E-state index < -0.39 is 28.4 Å². The summed E-state index contributed by atoms with van der Waals surface area (Å²) in [4.78, 5) is 34.7. The van der Waals surface area contributed by atoms with Crippen LogP contribution in [0.25, 0.3) is 11.3 Å². The molecule has 0 saturated heterocycles. The predicted molar refractivity (Wildman–Crippen MR) is 103 cm³/mol. The second kappa shape index (κ2) is 8.56. The average Bonchev–Trinajstić information content (AvgIpc) is 3.18. The number of nitriles is 1. The van der Waals surface area contributed by atoms with Crippen LogP contribution >= 0.6 is 0 Å². The highest BCUT2D eigenvalue weighted by Crippen LogP contribution is 2.25. The Morgan fingerprint density at radius 2 is 1.83 bits per heavy atom. The number of carbonyl (C=O) groups is 2. The molecule has 0 saturated carbocycles. The number of furan rings is 1. The number of rotatable bonds is 7. The van der Waals surface area contributed by atoms with E-state index in [2.05, 4.69) is 5.32 Å². The van der Waals surface area contributed by atoms with Crippen molar-refractivity contribution in [3.63, 3.8) is 0 Å². The molecule has 152 valence electrons. The van der Waals surface area contributed by atoms with E-state index in [1.807, 2.05) is 6.07 Å². The Bertz CT molecular complexity index is 957. The van der Waals surface area contributed by atoms with Crippen molar-refractivity contribution in [2.75, 3.05) is 0 Å². The van der Waals surface area contributed by atoms with Crippen LogP contribution in [0, 0.1) is 27.4 Å². The third-order valence-corrected chi connectivity index (χ3v) is 4.59. The second-order valence-electron chi connectivity index (χ2n) is 6.97. The summed E-state index contributed by atoms with van der Waals surface area (Å²) in [5.74, 6) is -1.39. The molecule has 2 rings (SSSR count). The maximum atomic E-state index is 12.3. The van der Waals surface area contributed by atoms with E-state index >= 15 is 0 Å². The van der Waals surface area contributed by atoms with Crippen molar-refractivity contribution in [3.05, 3.63) is 52.3 Å². The molecular weight excluding hydrogens is 378 g/mol. The highest BCUT2D eigenvalue weighted by molar-refractivity contribution is 5.90. The van der Waals surface area contributed by atoms with Crippen molar-refractivity contribution >= 4 is 17.6 Å². The molecule has 2 aromatic rings. The molecule has 0 aliphatic carbocycles. The van der Waals surface area contributed by atoms with Crippen LogP contribution in [0.4, 0.5) is 5.69 Å². The number of nitro benzene ring substituents is 1. The number of amides is 1. The number of nitrogens with zero attached hydrogens (tertiary/aromatic N) is 2. The highest BCUT2D eigenvalue weighted by atomic mass is 16.6. The SMILES string of the molecule is CC(OC(=O)c1ccc(-c2ccc([N+](=O)[O-])cc2)o1)C(=O)NC(C)(C#N)C(C)C. The van der Waals surface area contributed by atoms with Gasteiger partial charge in [0.2, 0.25) is 5.76 Å². The van der Waals surface area contributed by atoms with Crippen LogP contribution in [-0.4, -0.2) is 28.4 Å². The zero-order chi connectivity index (χ0) is 21.8. The molecular formula is C20H21N3O6. The molecule has 2 unspecified atom stereocenters. The van der Waals surface area contributed by atoms with Gasteiger partial charge in [-0.2, -0.15) is 5.26 Å². The first kappa shape index (κ1) is 21.6. The van der Waals surface area contributed by atoms with Gasteiger partial charge in [0.15, 0.2) is 6.10 Å². The Kier molecular flexibility index (Phi) is 6.38. The predicted octanol–water partition coefficient (Wildman–Crippen LogP) is 3.45. The Balaban J connectivity index is 2.05. The number of esters is 1. The quantitative estimate of drug-likeness (QED) is 0.428. The summed E-state index contributed by atoms with van der Waals surface area (Å²) in [6, 6.07) is 10.6. The summed E-state index contributed by atoms with van der Waals surface area (Å²) in [6.45, 7) is 6.57. The number of ether oxygens (including phenoxy) is 1. The number of nitro groups is 1. The van der Waals surface area contributed by atoms with Crippen LogP contribution in [0.2, 0.25) is 0 Å². The summed E-state index contributed by atoms with van der Waals surface area (Å²) < 4.78 is 10.6. The van der Waals surface area contributed by atoms with Gasteiger partial charge >= 0.3 is 5.97 Å². The molecule has 0 aliphatic rings. The molecule has 29 heavy (non-hydrogen) atoms. The van der Waals surface area contributed by atoms with Gasteiger partial charge in [0, 0.05) is 17.7 Å². The second-order valence-corrected chi connectivity index (χ2v) is 6.97. The lowest BCUT2D eigenvalue weighted by Gasteiger charge is -2.28. The number of carbonyl (C=O) groups excluding carboxylic acids is 2. The summed E-state index contributed by atoms with van der Waals surface area (Å²) in [7, 11) is 0. The lowest BCUT2D eigenvalue weighted by Crippen LogP contribution is -2.52. The van der Waals surface area contributed by atoms with E-state index in [1.54, 1.807) is 20.8 Å². The van der Waals surface area contributed by atoms with E-state index in [1.165, 1.54) is 43.3 Å². The molecule has 0 aliphatic heterocycles. The van der Waals surface area contributed by atoms with E-state index in [4.69, 9.17) is 9.15 Å². The molecule has 1 aromatic carbocycles. The van der Waals surface area contributed by atoms with Crippen LogP contribution in [0.15, 0.2) is 40.8 Å². The van der Waals surface area contributed by atoms with Gasteiger partial charge in [0.1, 0.15) is 11.3 Å². The molecule has 9 heteroatoms. The molecule has 9 nitrogen and oxygen atoms in total. The van der Waals surface area contributed by atoms with E-state index in [0.29, 0.717) is 11.3 Å². The van der Waals surface area contributed by atoms with Gasteiger partial charge in [-0.1, -0.05) is 13.8 Å². The Hall–Kier alpha value is -3.67. The molecule has 0 bridgehead atoms. The number of nitrogens with one attached hydrogen (secondary N) is 1. The van der Waals surface area contributed by atoms with Crippen molar-refractivity contribution in [3.8, 4) is 17.4 Å². The van der Waals surface area contributed by atoms with Gasteiger partial charge in [-0.25, -0.2) is 4.79 Å². The average molecular weight is 399 g/mol. The molecule has 0 radical (unpaired) electrons. The van der Waals surface area contributed by atoms with Crippen LogP contribution in [0.5, 0.6) is 0 Å². The van der Waals surface area contributed by atoms with Crippen molar-refractivity contribution in [2.45, 2.75) is 39.3 Å². The van der Waals surface area contributed by atoms with E-state index in [0.717, 1.165) is 0 Å².